The smallest absolute Gasteiger partial charge is 0.139 e. The van der Waals surface area contributed by atoms with Crippen LogP contribution in [0.25, 0.3) is 0 Å². The molecule has 1 atom stereocenters. The molecule has 0 spiro atoms. The first-order valence-electron chi connectivity index (χ1n) is 5.25. The molecule has 3 rings (SSSR count). The highest BCUT2D eigenvalue weighted by atomic mass is 79.9. The molecule has 1 saturated carbocycles. The fraction of sp³-hybridized carbons (Fsp3) is 0.700. The van der Waals surface area contributed by atoms with E-state index in [0.29, 0.717) is 5.92 Å². The van der Waals surface area contributed by atoms with E-state index >= 15 is 0 Å². The summed E-state index contributed by atoms with van der Waals surface area (Å²) in [5.41, 5.74) is 1.27. The number of aromatic nitrogens is 2. The molecule has 1 fully saturated rings. The summed E-state index contributed by atoms with van der Waals surface area (Å²) in [4.78, 5) is 0. The van der Waals surface area contributed by atoms with Gasteiger partial charge in [0.05, 0.1) is 10.2 Å². The van der Waals surface area contributed by atoms with Crippen LogP contribution in [0.2, 0.25) is 0 Å². The highest BCUT2D eigenvalue weighted by molar-refractivity contribution is 9.10. The summed E-state index contributed by atoms with van der Waals surface area (Å²) in [6.07, 6.45) is 2.62. The van der Waals surface area contributed by atoms with E-state index in [4.69, 9.17) is 0 Å². The third kappa shape index (κ3) is 1.28. The second-order valence-corrected chi connectivity index (χ2v) is 5.28. The van der Waals surface area contributed by atoms with E-state index in [0.717, 1.165) is 19.0 Å². The van der Waals surface area contributed by atoms with Gasteiger partial charge in [-0.05, 0) is 34.7 Å². The Hall–Kier alpha value is -0.510. The normalized spacial score (nSPS) is 25.7. The molecule has 76 valence electrons. The minimum atomic E-state index is 0.682. The van der Waals surface area contributed by atoms with E-state index < -0.39 is 0 Å². The molecule has 1 aliphatic heterocycles. The second kappa shape index (κ2) is 2.99. The van der Waals surface area contributed by atoms with Gasteiger partial charge in [0.1, 0.15) is 5.82 Å². The van der Waals surface area contributed by atoms with Crippen molar-refractivity contribution in [1.29, 1.82) is 0 Å². The van der Waals surface area contributed by atoms with Crippen LogP contribution in [0.1, 0.15) is 31.4 Å². The minimum Gasteiger partial charge on any atom is -0.369 e. The molecule has 3 nitrogen and oxygen atoms in total. The molecular formula is C10H14BrN3. The Morgan fingerprint density at radius 3 is 3.00 bits per heavy atom. The van der Waals surface area contributed by atoms with E-state index in [1.165, 1.54) is 28.8 Å². The van der Waals surface area contributed by atoms with Crippen LogP contribution >= 0.6 is 15.9 Å². The lowest BCUT2D eigenvalue weighted by atomic mass is 10.1. The SMILES string of the molecule is CC1CNc2c(Br)c(C3CC3)nn2C1. The van der Waals surface area contributed by atoms with Crippen LogP contribution in [-0.2, 0) is 6.54 Å². The molecule has 1 aromatic heterocycles. The van der Waals surface area contributed by atoms with E-state index in [-0.39, 0.29) is 0 Å². The number of nitrogens with zero attached hydrogens (tertiary/aromatic N) is 2. The van der Waals surface area contributed by atoms with Crippen LogP contribution in [0.15, 0.2) is 4.47 Å². The van der Waals surface area contributed by atoms with Crippen molar-refractivity contribution in [3.05, 3.63) is 10.2 Å². The molecule has 1 N–H and O–H groups in total. The van der Waals surface area contributed by atoms with Gasteiger partial charge in [0.2, 0.25) is 0 Å². The van der Waals surface area contributed by atoms with Gasteiger partial charge in [-0.1, -0.05) is 6.92 Å². The lowest BCUT2D eigenvalue weighted by Gasteiger charge is -2.21. The first-order chi connectivity index (χ1) is 6.75. The number of anilines is 1. The number of nitrogens with one attached hydrogen (secondary N) is 1. The first kappa shape index (κ1) is 8.77. The Kier molecular flexibility index (Phi) is 1.87. The monoisotopic (exact) mass is 255 g/mol. The molecule has 14 heavy (non-hydrogen) atoms. The van der Waals surface area contributed by atoms with Gasteiger partial charge in [-0.25, -0.2) is 4.68 Å². The van der Waals surface area contributed by atoms with Crippen molar-refractivity contribution in [2.24, 2.45) is 5.92 Å². The topological polar surface area (TPSA) is 29.9 Å². The summed E-state index contributed by atoms with van der Waals surface area (Å²) in [5.74, 6) is 2.59. The minimum absolute atomic E-state index is 0.682. The van der Waals surface area contributed by atoms with E-state index in [2.05, 4.69) is 38.0 Å². The number of fused-ring (bicyclic) bond motifs is 1. The van der Waals surface area contributed by atoms with Gasteiger partial charge >= 0.3 is 0 Å². The predicted molar refractivity (Wildman–Crippen MR) is 59.6 cm³/mol. The van der Waals surface area contributed by atoms with Crippen LogP contribution < -0.4 is 5.32 Å². The molecule has 4 heteroatoms. The summed E-state index contributed by atoms with van der Waals surface area (Å²) < 4.78 is 3.32. The van der Waals surface area contributed by atoms with Crippen LogP contribution in [0.5, 0.6) is 0 Å². The zero-order chi connectivity index (χ0) is 9.71. The van der Waals surface area contributed by atoms with Gasteiger partial charge in [0.25, 0.3) is 0 Å². The van der Waals surface area contributed by atoms with Crippen LogP contribution in [0.3, 0.4) is 0 Å². The van der Waals surface area contributed by atoms with E-state index in [9.17, 15) is 0 Å². The third-order valence-corrected chi connectivity index (χ3v) is 3.77. The molecule has 0 radical (unpaired) electrons. The molecule has 0 bridgehead atoms. The number of halogens is 1. The molecule has 1 unspecified atom stereocenters. The van der Waals surface area contributed by atoms with Crippen molar-refractivity contribution in [2.75, 3.05) is 11.9 Å². The molecule has 0 saturated heterocycles. The van der Waals surface area contributed by atoms with Crippen molar-refractivity contribution in [1.82, 2.24) is 9.78 Å². The van der Waals surface area contributed by atoms with Crippen molar-refractivity contribution in [3.63, 3.8) is 0 Å². The average molecular weight is 256 g/mol. The summed E-state index contributed by atoms with van der Waals surface area (Å²) in [6, 6.07) is 0. The number of hydrogen-bond donors (Lipinski definition) is 1. The zero-order valence-electron chi connectivity index (χ0n) is 8.26. The van der Waals surface area contributed by atoms with E-state index in [1.807, 2.05) is 0 Å². The van der Waals surface area contributed by atoms with Crippen LogP contribution in [-0.4, -0.2) is 16.3 Å². The van der Waals surface area contributed by atoms with E-state index in [1.54, 1.807) is 0 Å². The maximum atomic E-state index is 4.67. The highest BCUT2D eigenvalue weighted by Gasteiger charge is 2.32. The number of hydrogen-bond acceptors (Lipinski definition) is 2. The van der Waals surface area contributed by atoms with Crippen molar-refractivity contribution < 1.29 is 0 Å². The van der Waals surface area contributed by atoms with Gasteiger partial charge in [-0.3, -0.25) is 0 Å². The first-order valence-corrected chi connectivity index (χ1v) is 6.05. The summed E-state index contributed by atoms with van der Waals surface area (Å²) >= 11 is 3.65. The lowest BCUT2D eigenvalue weighted by Crippen LogP contribution is -2.25. The Labute approximate surface area is 92.0 Å². The Morgan fingerprint density at radius 1 is 1.50 bits per heavy atom. The number of rotatable bonds is 1. The molecule has 1 aliphatic carbocycles. The molecule has 2 heterocycles. The maximum absolute atomic E-state index is 4.67. The van der Waals surface area contributed by atoms with Gasteiger partial charge < -0.3 is 5.32 Å². The summed E-state index contributed by atoms with van der Waals surface area (Å²) in [5, 5.41) is 8.11. The van der Waals surface area contributed by atoms with Gasteiger partial charge in [0, 0.05) is 19.0 Å². The highest BCUT2D eigenvalue weighted by Crippen LogP contribution is 2.45. The van der Waals surface area contributed by atoms with Crippen molar-refractivity contribution in [2.45, 2.75) is 32.2 Å². The molecule has 1 aromatic rings. The Morgan fingerprint density at radius 2 is 2.29 bits per heavy atom. The van der Waals surface area contributed by atoms with Gasteiger partial charge in [0.15, 0.2) is 0 Å². The molecule has 2 aliphatic rings. The molecule has 0 amide bonds. The fourth-order valence-corrected chi connectivity index (χ4v) is 2.76. The summed E-state index contributed by atoms with van der Waals surface area (Å²) in [7, 11) is 0. The molecular weight excluding hydrogens is 242 g/mol. The third-order valence-electron chi connectivity index (χ3n) is 2.99. The van der Waals surface area contributed by atoms with Crippen molar-refractivity contribution in [3.8, 4) is 0 Å². The molecule has 0 aromatic carbocycles. The Bertz CT molecular complexity index is 368. The fourth-order valence-electron chi connectivity index (χ4n) is 2.01. The maximum Gasteiger partial charge on any atom is 0.139 e. The standard InChI is InChI=1S/C10H14BrN3/c1-6-4-12-10-8(11)9(7-2-3-7)13-14(10)5-6/h6-7,12H,2-5H2,1H3. The van der Waals surface area contributed by atoms with Crippen LogP contribution in [0, 0.1) is 5.92 Å². The van der Waals surface area contributed by atoms with Crippen LogP contribution in [0.4, 0.5) is 5.82 Å². The Balaban J connectivity index is 2.01. The summed E-state index contributed by atoms with van der Waals surface area (Å²) in [6.45, 7) is 4.37. The predicted octanol–water partition coefficient (Wildman–Crippen LogP) is 2.58. The van der Waals surface area contributed by atoms with Gasteiger partial charge in [-0.2, -0.15) is 5.10 Å². The quantitative estimate of drug-likeness (QED) is 0.836. The van der Waals surface area contributed by atoms with Gasteiger partial charge in [-0.15, -0.1) is 0 Å². The largest absolute Gasteiger partial charge is 0.369 e. The lowest BCUT2D eigenvalue weighted by molar-refractivity contribution is 0.442. The average Bonchev–Trinajstić information content (AvgIpc) is 2.93. The van der Waals surface area contributed by atoms with Crippen molar-refractivity contribution >= 4 is 21.7 Å². The zero-order valence-corrected chi connectivity index (χ0v) is 9.84. The second-order valence-electron chi connectivity index (χ2n) is 4.49.